The van der Waals surface area contributed by atoms with Crippen LogP contribution in [-0.4, -0.2) is 48.3 Å². The van der Waals surface area contributed by atoms with Crippen molar-refractivity contribution in [3.63, 3.8) is 0 Å². The van der Waals surface area contributed by atoms with Gasteiger partial charge >= 0.3 is 12.0 Å². The number of rotatable bonds is 3. The van der Waals surface area contributed by atoms with Crippen LogP contribution in [0.3, 0.4) is 0 Å². The van der Waals surface area contributed by atoms with Crippen LogP contribution in [0.1, 0.15) is 23.2 Å². The molecule has 1 aliphatic heterocycles. The number of hydrogen-bond acceptors (Lipinski definition) is 3. The molecule has 1 atom stereocenters. The Morgan fingerprint density at radius 1 is 1.48 bits per heavy atom. The number of ether oxygens (including phenoxy) is 1. The highest BCUT2D eigenvalue weighted by Crippen LogP contribution is 2.22. The van der Waals surface area contributed by atoms with E-state index in [4.69, 9.17) is 21.4 Å². The summed E-state index contributed by atoms with van der Waals surface area (Å²) in [5.41, 5.74) is 0.474. The van der Waals surface area contributed by atoms with Crippen LogP contribution in [0, 0.1) is 0 Å². The highest BCUT2D eigenvalue weighted by Gasteiger charge is 2.23. The minimum absolute atomic E-state index is 0.00656. The molecule has 114 valence electrons. The molecule has 21 heavy (non-hydrogen) atoms. The van der Waals surface area contributed by atoms with Crippen molar-refractivity contribution in [1.29, 1.82) is 0 Å². The first-order chi connectivity index (χ1) is 10.0. The SMILES string of the molecule is COC1CCCN(C(=O)Nc2ccc(C(=O)O)c(Cl)c2)C1. The Morgan fingerprint density at radius 3 is 2.86 bits per heavy atom. The molecule has 0 bridgehead atoms. The number of nitrogens with zero attached hydrogens (tertiary/aromatic N) is 1. The molecule has 7 heteroatoms. The normalized spacial score (nSPS) is 18.4. The third-order valence-electron chi connectivity index (χ3n) is 3.45. The summed E-state index contributed by atoms with van der Waals surface area (Å²) >= 11 is 5.87. The van der Waals surface area contributed by atoms with Gasteiger partial charge in [0.25, 0.3) is 0 Å². The summed E-state index contributed by atoms with van der Waals surface area (Å²) in [7, 11) is 1.64. The number of methoxy groups -OCH3 is 1. The predicted molar refractivity (Wildman–Crippen MR) is 79.0 cm³/mol. The molecular weight excluding hydrogens is 296 g/mol. The third-order valence-corrected chi connectivity index (χ3v) is 3.76. The minimum atomic E-state index is -1.10. The van der Waals surface area contributed by atoms with Gasteiger partial charge in [-0.1, -0.05) is 11.6 Å². The van der Waals surface area contributed by atoms with Crippen LogP contribution in [-0.2, 0) is 4.74 Å². The Bertz CT molecular complexity index is 550. The average molecular weight is 313 g/mol. The molecule has 2 N–H and O–H groups in total. The van der Waals surface area contributed by atoms with E-state index in [1.54, 1.807) is 12.0 Å². The average Bonchev–Trinajstić information content (AvgIpc) is 2.47. The van der Waals surface area contributed by atoms with Crippen molar-refractivity contribution in [2.45, 2.75) is 18.9 Å². The molecule has 1 fully saturated rings. The first-order valence-corrected chi connectivity index (χ1v) is 7.00. The van der Waals surface area contributed by atoms with Crippen molar-refractivity contribution in [3.05, 3.63) is 28.8 Å². The fourth-order valence-corrected chi connectivity index (χ4v) is 2.55. The number of nitrogens with one attached hydrogen (secondary N) is 1. The lowest BCUT2D eigenvalue weighted by atomic mass is 10.1. The summed E-state index contributed by atoms with van der Waals surface area (Å²) in [5.74, 6) is -1.10. The number of anilines is 1. The van der Waals surface area contributed by atoms with E-state index in [1.165, 1.54) is 18.2 Å². The van der Waals surface area contributed by atoms with Gasteiger partial charge in [0.1, 0.15) is 0 Å². The molecule has 2 rings (SSSR count). The highest BCUT2D eigenvalue weighted by atomic mass is 35.5. The van der Waals surface area contributed by atoms with Crippen LogP contribution in [0.15, 0.2) is 18.2 Å². The molecule has 0 saturated carbocycles. The number of hydrogen-bond donors (Lipinski definition) is 2. The van der Waals surface area contributed by atoms with E-state index < -0.39 is 5.97 Å². The smallest absolute Gasteiger partial charge is 0.337 e. The van der Waals surface area contributed by atoms with Crippen LogP contribution in [0.25, 0.3) is 0 Å². The van der Waals surface area contributed by atoms with E-state index >= 15 is 0 Å². The monoisotopic (exact) mass is 312 g/mol. The third kappa shape index (κ3) is 3.86. The molecule has 1 unspecified atom stereocenters. The topological polar surface area (TPSA) is 78.9 Å². The highest BCUT2D eigenvalue weighted by molar-refractivity contribution is 6.33. The Kier molecular flexibility index (Phi) is 5.03. The number of aromatic carboxylic acids is 1. The maximum absolute atomic E-state index is 12.2. The van der Waals surface area contributed by atoms with Gasteiger partial charge in [-0.15, -0.1) is 0 Å². The minimum Gasteiger partial charge on any atom is -0.478 e. The van der Waals surface area contributed by atoms with Gasteiger partial charge in [0.05, 0.1) is 16.7 Å². The molecular formula is C14H17ClN2O4. The Hall–Kier alpha value is -1.79. The van der Waals surface area contributed by atoms with Crippen molar-refractivity contribution in [2.75, 3.05) is 25.5 Å². The summed E-state index contributed by atoms with van der Waals surface area (Å²) in [6.07, 6.45) is 1.90. The summed E-state index contributed by atoms with van der Waals surface area (Å²) in [6.45, 7) is 1.22. The summed E-state index contributed by atoms with van der Waals surface area (Å²) in [4.78, 5) is 24.7. The molecule has 1 saturated heterocycles. The van der Waals surface area contributed by atoms with Crippen LogP contribution >= 0.6 is 11.6 Å². The zero-order valence-electron chi connectivity index (χ0n) is 11.6. The number of carbonyl (C=O) groups is 2. The van der Waals surface area contributed by atoms with Crippen LogP contribution in [0.2, 0.25) is 5.02 Å². The van der Waals surface area contributed by atoms with Crippen LogP contribution in [0.4, 0.5) is 10.5 Å². The molecule has 0 radical (unpaired) electrons. The first kappa shape index (κ1) is 15.6. The molecule has 0 aliphatic carbocycles. The number of carboxylic acid groups (broad SMARTS) is 1. The van der Waals surface area contributed by atoms with Gasteiger partial charge in [-0.3, -0.25) is 0 Å². The number of piperidine rings is 1. The second kappa shape index (κ2) is 6.78. The van der Waals surface area contributed by atoms with Crippen molar-refractivity contribution >= 4 is 29.3 Å². The molecule has 1 aliphatic rings. The van der Waals surface area contributed by atoms with Crippen LogP contribution in [0.5, 0.6) is 0 Å². The lowest BCUT2D eigenvalue weighted by Gasteiger charge is -2.31. The standard InChI is InChI=1S/C14H17ClN2O4/c1-21-10-3-2-6-17(8-10)14(20)16-9-4-5-11(13(18)19)12(15)7-9/h4-5,7,10H,2-3,6,8H2,1H3,(H,16,20)(H,18,19). The first-order valence-electron chi connectivity index (χ1n) is 6.63. The molecule has 1 heterocycles. The lowest BCUT2D eigenvalue weighted by Crippen LogP contribution is -2.44. The molecule has 0 aromatic heterocycles. The maximum Gasteiger partial charge on any atom is 0.337 e. The van der Waals surface area contributed by atoms with Crippen molar-refractivity contribution in [1.82, 2.24) is 4.90 Å². The van der Waals surface area contributed by atoms with Gasteiger partial charge in [-0.2, -0.15) is 0 Å². The quantitative estimate of drug-likeness (QED) is 0.899. The zero-order chi connectivity index (χ0) is 15.4. The Morgan fingerprint density at radius 2 is 2.24 bits per heavy atom. The summed E-state index contributed by atoms with van der Waals surface area (Å²) in [6, 6.07) is 4.08. The maximum atomic E-state index is 12.2. The fourth-order valence-electron chi connectivity index (χ4n) is 2.28. The second-order valence-corrected chi connectivity index (χ2v) is 5.28. The number of carbonyl (C=O) groups excluding carboxylic acids is 1. The number of amides is 2. The van der Waals surface area contributed by atoms with Crippen molar-refractivity contribution in [2.24, 2.45) is 0 Å². The van der Waals surface area contributed by atoms with E-state index in [0.717, 1.165) is 12.8 Å². The van der Waals surface area contributed by atoms with E-state index in [9.17, 15) is 9.59 Å². The molecule has 1 aromatic carbocycles. The van der Waals surface area contributed by atoms with Gasteiger partial charge in [-0.05, 0) is 31.0 Å². The second-order valence-electron chi connectivity index (χ2n) is 4.88. The number of benzene rings is 1. The zero-order valence-corrected chi connectivity index (χ0v) is 12.4. The van der Waals surface area contributed by atoms with E-state index in [0.29, 0.717) is 18.8 Å². The molecule has 2 amide bonds. The number of urea groups is 1. The number of likely N-dealkylation sites (tertiary alicyclic amines) is 1. The Labute approximate surface area is 127 Å². The Balaban J connectivity index is 2.02. The van der Waals surface area contributed by atoms with E-state index in [1.807, 2.05) is 0 Å². The van der Waals surface area contributed by atoms with Gasteiger partial charge in [-0.25, -0.2) is 9.59 Å². The van der Waals surface area contributed by atoms with Gasteiger partial charge in [0.2, 0.25) is 0 Å². The number of carboxylic acids is 1. The largest absolute Gasteiger partial charge is 0.478 e. The van der Waals surface area contributed by atoms with Crippen LogP contribution < -0.4 is 5.32 Å². The lowest BCUT2D eigenvalue weighted by molar-refractivity contribution is 0.0458. The number of halogens is 1. The molecule has 0 spiro atoms. The fraction of sp³-hybridized carbons (Fsp3) is 0.429. The van der Waals surface area contributed by atoms with Gasteiger partial charge < -0.3 is 20.1 Å². The van der Waals surface area contributed by atoms with Crippen molar-refractivity contribution < 1.29 is 19.4 Å². The van der Waals surface area contributed by atoms with Gasteiger partial charge in [0.15, 0.2) is 0 Å². The predicted octanol–water partition coefficient (Wildman–Crippen LogP) is 2.68. The van der Waals surface area contributed by atoms with E-state index in [2.05, 4.69) is 5.32 Å². The van der Waals surface area contributed by atoms with E-state index in [-0.39, 0.29) is 22.7 Å². The molecule has 1 aromatic rings. The van der Waals surface area contributed by atoms with Gasteiger partial charge in [0, 0.05) is 25.9 Å². The summed E-state index contributed by atoms with van der Waals surface area (Å²) in [5, 5.41) is 11.7. The van der Waals surface area contributed by atoms with Crippen molar-refractivity contribution in [3.8, 4) is 0 Å². The molecule has 6 nitrogen and oxygen atoms in total. The summed E-state index contributed by atoms with van der Waals surface area (Å²) < 4.78 is 5.27.